The number of para-hydroxylation sites is 1. The second kappa shape index (κ2) is 7.17. The number of halogens is 4. The lowest BCUT2D eigenvalue weighted by atomic mass is 9.75. The summed E-state index contributed by atoms with van der Waals surface area (Å²) >= 11 is 6.28. The Labute approximate surface area is 155 Å². The quantitative estimate of drug-likeness (QED) is 0.639. The summed E-state index contributed by atoms with van der Waals surface area (Å²) in [6.45, 7) is 0.0934. The maximum absolute atomic E-state index is 13.1. The lowest BCUT2D eigenvalue weighted by Gasteiger charge is -2.36. The van der Waals surface area contributed by atoms with E-state index >= 15 is 0 Å². The molecule has 0 amide bonds. The monoisotopic (exact) mass is 377 g/mol. The van der Waals surface area contributed by atoms with Gasteiger partial charge in [0.2, 0.25) is 0 Å². The zero-order chi connectivity index (χ0) is 18.8. The summed E-state index contributed by atoms with van der Waals surface area (Å²) < 4.78 is 39.4. The summed E-state index contributed by atoms with van der Waals surface area (Å²) in [4.78, 5) is 0. The average Bonchev–Trinajstić information content (AvgIpc) is 2.63. The Balaban J connectivity index is 1.85. The predicted molar refractivity (Wildman–Crippen MR) is 99.2 cm³/mol. The van der Waals surface area contributed by atoms with Crippen molar-refractivity contribution in [2.75, 3.05) is 11.9 Å². The van der Waals surface area contributed by atoms with Gasteiger partial charge in [-0.15, -0.1) is 6.54 Å². The maximum Gasteiger partial charge on any atom is 0.418 e. The normalized spacial score (nSPS) is 20.0. The maximum atomic E-state index is 13.1. The number of benzene rings is 2. The molecule has 1 aliphatic rings. The Morgan fingerprint density at radius 1 is 1.08 bits per heavy atom. The van der Waals surface area contributed by atoms with Crippen LogP contribution in [0.3, 0.4) is 0 Å². The molecule has 0 saturated heterocycles. The second-order valence-corrected chi connectivity index (χ2v) is 6.59. The molecule has 6 heteroatoms. The number of hydrogen-bond donors (Lipinski definition) is 1. The molecule has 0 aromatic heterocycles. The van der Waals surface area contributed by atoms with Gasteiger partial charge in [-0.1, -0.05) is 54.1 Å². The van der Waals surface area contributed by atoms with Crippen LogP contribution in [0.15, 0.2) is 72.5 Å². The number of rotatable bonds is 4. The molecule has 0 aliphatic heterocycles. The highest BCUT2D eigenvalue weighted by atomic mass is 35.5. The Hall–Kier alpha value is -2.24. The molecule has 2 nitrogen and oxygen atoms in total. The third kappa shape index (κ3) is 3.64. The minimum Gasteiger partial charge on any atom is -0.676 e. The largest absolute Gasteiger partial charge is 0.676 e. The van der Waals surface area contributed by atoms with Crippen LogP contribution in [0.5, 0.6) is 0 Å². The first-order valence-corrected chi connectivity index (χ1v) is 8.46. The SMILES string of the molecule is [NH-]CC1(c2ccccc2Cl)C=CC(Nc2ccccc2C(F)(F)F)=CC1. The van der Waals surface area contributed by atoms with E-state index in [4.69, 9.17) is 17.3 Å². The van der Waals surface area contributed by atoms with Gasteiger partial charge < -0.3 is 11.1 Å². The summed E-state index contributed by atoms with van der Waals surface area (Å²) in [6.07, 6.45) is 1.43. The van der Waals surface area contributed by atoms with Gasteiger partial charge >= 0.3 is 6.18 Å². The van der Waals surface area contributed by atoms with E-state index in [1.165, 1.54) is 12.1 Å². The highest BCUT2D eigenvalue weighted by Crippen LogP contribution is 2.39. The lowest BCUT2D eigenvalue weighted by Crippen LogP contribution is -2.28. The van der Waals surface area contributed by atoms with Gasteiger partial charge in [-0.25, -0.2) is 0 Å². The summed E-state index contributed by atoms with van der Waals surface area (Å²) in [5, 5.41) is 3.42. The third-order valence-electron chi connectivity index (χ3n) is 4.51. The van der Waals surface area contributed by atoms with Crippen molar-refractivity contribution in [2.24, 2.45) is 0 Å². The number of anilines is 1. The van der Waals surface area contributed by atoms with Crippen molar-refractivity contribution >= 4 is 17.3 Å². The molecule has 2 aromatic rings. The molecule has 0 bridgehead atoms. The molecule has 0 heterocycles. The average molecular weight is 378 g/mol. The van der Waals surface area contributed by atoms with Gasteiger partial charge in [0.25, 0.3) is 0 Å². The van der Waals surface area contributed by atoms with E-state index in [0.29, 0.717) is 17.1 Å². The first kappa shape index (κ1) is 18.5. The van der Waals surface area contributed by atoms with Crippen LogP contribution in [-0.4, -0.2) is 6.54 Å². The number of alkyl halides is 3. The Kier molecular flexibility index (Phi) is 5.12. The van der Waals surface area contributed by atoms with E-state index in [1.807, 2.05) is 30.4 Å². The van der Waals surface area contributed by atoms with Crippen LogP contribution in [0.1, 0.15) is 17.5 Å². The van der Waals surface area contributed by atoms with E-state index in [1.54, 1.807) is 18.2 Å². The second-order valence-electron chi connectivity index (χ2n) is 6.18. The van der Waals surface area contributed by atoms with Crippen LogP contribution in [0.25, 0.3) is 5.73 Å². The Morgan fingerprint density at radius 2 is 1.77 bits per heavy atom. The van der Waals surface area contributed by atoms with Crippen molar-refractivity contribution in [3.8, 4) is 0 Å². The molecule has 1 atom stereocenters. The van der Waals surface area contributed by atoms with Gasteiger partial charge in [0.15, 0.2) is 0 Å². The minimum atomic E-state index is -4.43. The summed E-state index contributed by atoms with van der Waals surface area (Å²) in [7, 11) is 0. The molecular formula is C20H17ClF3N2-. The molecule has 0 spiro atoms. The lowest BCUT2D eigenvalue weighted by molar-refractivity contribution is -0.136. The van der Waals surface area contributed by atoms with Crippen molar-refractivity contribution in [3.63, 3.8) is 0 Å². The molecule has 26 heavy (non-hydrogen) atoms. The van der Waals surface area contributed by atoms with E-state index in [0.717, 1.165) is 11.6 Å². The highest BCUT2D eigenvalue weighted by molar-refractivity contribution is 6.31. The van der Waals surface area contributed by atoms with Crippen LogP contribution >= 0.6 is 11.6 Å². The van der Waals surface area contributed by atoms with Crippen molar-refractivity contribution in [1.29, 1.82) is 0 Å². The van der Waals surface area contributed by atoms with Crippen LogP contribution in [0.4, 0.5) is 18.9 Å². The molecule has 1 unspecified atom stereocenters. The summed E-state index contributed by atoms with van der Waals surface area (Å²) in [5.41, 5.74) is 8.11. The van der Waals surface area contributed by atoms with E-state index < -0.39 is 17.2 Å². The van der Waals surface area contributed by atoms with Crippen LogP contribution in [0.2, 0.25) is 5.02 Å². The molecule has 0 radical (unpaired) electrons. The van der Waals surface area contributed by atoms with E-state index in [2.05, 4.69) is 5.32 Å². The van der Waals surface area contributed by atoms with Gasteiger partial charge in [-0.2, -0.15) is 13.2 Å². The number of hydrogen-bond acceptors (Lipinski definition) is 1. The first-order valence-electron chi connectivity index (χ1n) is 8.08. The molecular weight excluding hydrogens is 361 g/mol. The van der Waals surface area contributed by atoms with Crippen molar-refractivity contribution in [2.45, 2.75) is 18.0 Å². The standard InChI is InChI=1S/C20H17ClF3N2/c21-17-7-3-1-5-15(17)19(13-25)11-9-14(10-12-19)26-18-8-4-2-6-16(18)20(22,23)24/h1-11,25-26H,12-13H2/q-1. The van der Waals surface area contributed by atoms with Crippen LogP contribution < -0.4 is 5.32 Å². The zero-order valence-electron chi connectivity index (χ0n) is 13.8. The van der Waals surface area contributed by atoms with Gasteiger partial charge in [-0.05, 0) is 41.7 Å². The molecule has 3 rings (SSSR count). The highest BCUT2D eigenvalue weighted by Gasteiger charge is 2.33. The summed E-state index contributed by atoms with van der Waals surface area (Å²) in [6, 6.07) is 12.7. The molecule has 0 fully saturated rings. The summed E-state index contributed by atoms with van der Waals surface area (Å²) in [5.74, 6) is 0. The fourth-order valence-electron chi connectivity index (χ4n) is 3.06. The van der Waals surface area contributed by atoms with Gasteiger partial charge in [0.1, 0.15) is 0 Å². The predicted octanol–water partition coefficient (Wildman–Crippen LogP) is 6.60. The molecule has 2 N–H and O–H groups in total. The molecule has 2 aromatic carbocycles. The topological polar surface area (TPSA) is 35.8 Å². The molecule has 136 valence electrons. The van der Waals surface area contributed by atoms with E-state index in [-0.39, 0.29) is 12.2 Å². The van der Waals surface area contributed by atoms with Crippen LogP contribution in [-0.2, 0) is 11.6 Å². The molecule has 0 saturated carbocycles. The van der Waals surface area contributed by atoms with Gasteiger partial charge in [0, 0.05) is 10.7 Å². The van der Waals surface area contributed by atoms with E-state index in [9.17, 15) is 13.2 Å². The fraction of sp³-hybridized carbons (Fsp3) is 0.200. The number of nitrogens with one attached hydrogen (secondary N) is 2. The Morgan fingerprint density at radius 3 is 2.38 bits per heavy atom. The van der Waals surface area contributed by atoms with Crippen molar-refractivity contribution in [3.05, 3.63) is 94.3 Å². The van der Waals surface area contributed by atoms with Crippen molar-refractivity contribution < 1.29 is 13.2 Å². The number of allylic oxidation sites excluding steroid dienone is 2. The first-order chi connectivity index (χ1) is 12.4. The van der Waals surface area contributed by atoms with Crippen LogP contribution in [0, 0.1) is 0 Å². The van der Waals surface area contributed by atoms with Crippen molar-refractivity contribution in [1.82, 2.24) is 0 Å². The zero-order valence-corrected chi connectivity index (χ0v) is 14.5. The third-order valence-corrected chi connectivity index (χ3v) is 4.83. The fourth-order valence-corrected chi connectivity index (χ4v) is 3.38. The van der Waals surface area contributed by atoms with Gasteiger partial charge in [-0.3, -0.25) is 0 Å². The Bertz CT molecular complexity index is 858. The molecule has 1 aliphatic carbocycles. The minimum absolute atomic E-state index is 0.00650. The van der Waals surface area contributed by atoms with Gasteiger partial charge in [0.05, 0.1) is 11.3 Å². The smallest absolute Gasteiger partial charge is 0.418 e.